The van der Waals surface area contributed by atoms with Crippen LogP contribution in [0.5, 0.6) is 0 Å². The maximum atomic E-state index is 12.9. The molecule has 34 heavy (non-hydrogen) atoms. The molecule has 2 aromatic heterocycles. The largest absolute Gasteiger partial charge is 0.349 e. The minimum Gasteiger partial charge on any atom is -0.349 e. The lowest BCUT2D eigenvalue weighted by atomic mass is 10.1. The minimum absolute atomic E-state index is 0.0236. The highest BCUT2D eigenvalue weighted by Crippen LogP contribution is 2.22. The van der Waals surface area contributed by atoms with E-state index in [1.807, 2.05) is 6.07 Å². The Labute approximate surface area is 193 Å². The molecule has 1 N–H and O–H groups in total. The van der Waals surface area contributed by atoms with E-state index < -0.39 is 24.3 Å². The molecule has 1 aliphatic heterocycles. The summed E-state index contributed by atoms with van der Waals surface area (Å²) in [5, 5.41) is 8.30. The third-order valence-electron chi connectivity index (χ3n) is 5.63. The zero-order valence-corrected chi connectivity index (χ0v) is 18.0. The van der Waals surface area contributed by atoms with Crippen molar-refractivity contribution in [3.63, 3.8) is 0 Å². The molecule has 9 heteroatoms. The van der Waals surface area contributed by atoms with Crippen LogP contribution in [0, 0.1) is 0 Å². The second-order valence-corrected chi connectivity index (χ2v) is 7.84. The number of benzene rings is 2. The lowest BCUT2D eigenvalue weighted by Gasteiger charge is -2.15. The predicted octanol–water partition coefficient (Wildman–Crippen LogP) is 1.75. The molecule has 1 aliphatic rings. The Kier molecular flexibility index (Phi) is 5.43. The first kappa shape index (κ1) is 21.2. The monoisotopic (exact) mass is 453 g/mol. The molecule has 0 aliphatic carbocycles. The van der Waals surface area contributed by atoms with E-state index in [1.54, 1.807) is 67.0 Å². The van der Waals surface area contributed by atoms with Crippen molar-refractivity contribution in [1.82, 2.24) is 25.0 Å². The van der Waals surface area contributed by atoms with Crippen LogP contribution in [-0.4, -0.2) is 43.9 Å². The number of fused-ring (bicyclic) bond motifs is 2. The maximum Gasteiger partial charge on any atom is 0.274 e. The van der Waals surface area contributed by atoms with Crippen molar-refractivity contribution < 1.29 is 14.4 Å². The Bertz CT molecular complexity index is 1460. The zero-order valence-electron chi connectivity index (χ0n) is 18.0. The van der Waals surface area contributed by atoms with Crippen LogP contribution >= 0.6 is 0 Å². The first-order valence-electron chi connectivity index (χ1n) is 10.6. The van der Waals surface area contributed by atoms with Gasteiger partial charge in [0.15, 0.2) is 0 Å². The smallest absolute Gasteiger partial charge is 0.274 e. The normalized spacial score (nSPS) is 12.8. The van der Waals surface area contributed by atoms with Gasteiger partial charge in [0, 0.05) is 17.8 Å². The third kappa shape index (κ3) is 3.83. The average Bonchev–Trinajstić information content (AvgIpc) is 3.10. The molecule has 168 valence electrons. The van der Waals surface area contributed by atoms with E-state index in [1.165, 1.54) is 4.68 Å². The van der Waals surface area contributed by atoms with Crippen molar-refractivity contribution in [2.75, 3.05) is 6.54 Å². The number of rotatable bonds is 6. The van der Waals surface area contributed by atoms with Gasteiger partial charge in [0.25, 0.3) is 17.4 Å². The molecular weight excluding hydrogens is 434 g/mol. The van der Waals surface area contributed by atoms with E-state index in [2.05, 4.69) is 15.4 Å². The fraction of sp³-hybridized carbons (Fsp3) is 0.120. The number of pyridine rings is 1. The van der Waals surface area contributed by atoms with E-state index >= 15 is 0 Å². The first-order chi connectivity index (χ1) is 16.5. The number of nitrogens with one attached hydrogen (secondary N) is 1. The van der Waals surface area contributed by atoms with Crippen LogP contribution in [0.4, 0.5) is 0 Å². The molecule has 0 radical (unpaired) electrons. The molecule has 0 saturated carbocycles. The molecule has 3 amide bonds. The number of nitrogens with zero attached hydrogens (tertiary/aromatic N) is 4. The molecule has 0 spiro atoms. The van der Waals surface area contributed by atoms with Crippen molar-refractivity contribution in [2.24, 2.45) is 0 Å². The molecule has 9 nitrogen and oxygen atoms in total. The van der Waals surface area contributed by atoms with E-state index in [4.69, 9.17) is 0 Å². The number of imide groups is 1. The van der Waals surface area contributed by atoms with Crippen LogP contribution in [0.1, 0.15) is 32.0 Å². The van der Waals surface area contributed by atoms with Gasteiger partial charge in [-0.15, -0.1) is 0 Å². The molecular formula is C25H19N5O4. The summed E-state index contributed by atoms with van der Waals surface area (Å²) in [7, 11) is 0. The van der Waals surface area contributed by atoms with Crippen molar-refractivity contribution in [2.45, 2.75) is 13.1 Å². The van der Waals surface area contributed by atoms with Crippen LogP contribution in [0.25, 0.3) is 10.8 Å². The van der Waals surface area contributed by atoms with Crippen molar-refractivity contribution in [1.29, 1.82) is 0 Å². The number of carbonyl (C=O) groups is 3. The highest BCUT2D eigenvalue weighted by Gasteiger charge is 2.36. The second kappa shape index (κ2) is 8.70. The summed E-state index contributed by atoms with van der Waals surface area (Å²) in [6.07, 6.45) is 3.31. The van der Waals surface area contributed by atoms with Gasteiger partial charge < -0.3 is 5.32 Å². The van der Waals surface area contributed by atoms with Gasteiger partial charge in [-0.3, -0.25) is 29.1 Å². The Morgan fingerprint density at radius 3 is 2.21 bits per heavy atom. The van der Waals surface area contributed by atoms with E-state index in [9.17, 15) is 19.2 Å². The lowest BCUT2D eigenvalue weighted by molar-refractivity contribution is -0.121. The fourth-order valence-electron chi connectivity index (χ4n) is 3.97. The van der Waals surface area contributed by atoms with Gasteiger partial charge in [0.2, 0.25) is 5.91 Å². The van der Waals surface area contributed by atoms with Crippen LogP contribution in [0.15, 0.2) is 77.9 Å². The molecule has 5 rings (SSSR count). The highest BCUT2D eigenvalue weighted by atomic mass is 16.2. The predicted molar refractivity (Wildman–Crippen MR) is 123 cm³/mol. The van der Waals surface area contributed by atoms with Gasteiger partial charge in [-0.25, -0.2) is 4.68 Å². The lowest BCUT2D eigenvalue weighted by Crippen LogP contribution is -2.40. The number of hydrogen-bond donors (Lipinski definition) is 1. The Balaban J connectivity index is 1.36. The Hall–Kier alpha value is -4.66. The Morgan fingerprint density at radius 1 is 0.853 bits per heavy atom. The van der Waals surface area contributed by atoms with E-state index in [0.717, 1.165) is 10.5 Å². The van der Waals surface area contributed by atoms with Gasteiger partial charge >= 0.3 is 0 Å². The van der Waals surface area contributed by atoms with Gasteiger partial charge in [0.1, 0.15) is 6.54 Å². The molecule has 0 unspecified atom stereocenters. The average molecular weight is 453 g/mol. The Morgan fingerprint density at radius 2 is 1.53 bits per heavy atom. The van der Waals surface area contributed by atoms with Crippen LogP contribution < -0.4 is 10.9 Å². The molecule has 0 bridgehead atoms. The van der Waals surface area contributed by atoms with E-state index in [-0.39, 0.29) is 29.8 Å². The van der Waals surface area contributed by atoms with Crippen molar-refractivity contribution in [3.8, 4) is 0 Å². The summed E-state index contributed by atoms with van der Waals surface area (Å²) < 4.78 is 1.34. The van der Waals surface area contributed by atoms with Gasteiger partial charge in [0.05, 0.1) is 35.3 Å². The highest BCUT2D eigenvalue weighted by molar-refractivity contribution is 6.22. The van der Waals surface area contributed by atoms with Gasteiger partial charge in [-0.1, -0.05) is 36.4 Å². The summed E-state index contributed by atoms with van der Waals surface area (Å²) in [4.78, 5) is 55.6. The quantitative estimate of drug-likeness (QED) is 0.445. The maximum absolute atomic E-state index is 12.9. The fourth-order valence-corrected chi connectivity index (χ4v) is 3.97. The topological polar surface area (TPSA) is 114 Å². The van der Waals surface area contributed by atoms with Gasteiger partial charge in [-0.2, -0.15) is 5.10 Å². The molecule has 0 saturated heterocycles. The number of hydrogen-bond acceptors (Lipinski definition) is 6. The second-order valence-electron chi connectivity index (χ2n) is 7.84. The van der Waals surface area contributed by atoms with Crippen LogP contribution in [0.3, 0.4) is 0 Å². The van der Waals surface area contributed by atoms with Crippen molar-refractivity contribution >= 4 is 28.5 Å². The third-order valence-corrected chi connectivity index (χ3v) is 5.63. The molecule has 4 aromatic rings. The zero-order chi connectivity index (χ0) is 23.7. The summed E-state index contributed by atoms with van der Waals surface area (Å²) in [6, 6.07) is 17.1. The molecule has 0 atom stereocenters. The summed E-state index contributed by atoms with van der Waals surface area (Å²) in [5.74, 6) is -1.50. The molecule has 2 aromatic carbocycles. The number of carbonyl (C=O) groups excluding carboxylic acids is 3. The van der Waals surface area contributed by atoms with Gasteiger partial charge in [-0.05, 0) is 29.8 Å². The molecule has 0 fully saturated rings. The summed E-state index contributed by atoms with van der Waals surface area (Å²) in [5.41, 5.74) is 1.63. The summed E-state index contributed by atoms with van der Waals surface area (Å²) >= 11 is 0. The summed E-state index contributed by atoms with van der Waals surface area (Å²) in [6.45, 7) is -0.150. The number of amides is 3. The van der Waals surface area contributed by atoms with E-state index in [0.29, 0.717) is 16.5 Å². The standard InChI is InChI=1S/C25H19N5O4/c31-22(15-29-23(32)19-9-3-4-10-20(19)24(29)33)27-13-21-17-7-1-2-8-18(17)25(34)30(28-21)14-16-6-5-11-26-12-16/h1-12H,13-15H2,(H,27,31). The number of aromatic nitrogens is 3. The molecule has 3 heterocycles. The minimum atomic E-state index is -0.509. The van der Waals surface area contributed by atoms with Crippen LogP contribution in [0.2, 0.25) is 0 Å². The SMILES string of the molecule is O=C(CN1C(=O)c2ccccc2C1=O)NCc1nn(Cc2cccnc2)c(=O)c2ccccc12. The first-order valence-corrected chi connectivity index (χ1v) is 10.6. The van der Waals surface area contributed by atoms with Crippen LogP contribution in [-0.2, 0) is 17.9 Å². The van der Waals surface area contributed by atoms with Crippen molar-refractivity contribution in [3.05, 3.63) is 106 Å².